The number of halogens is 2. The highest BCUT2D eigenvalue weighted by molar-refractivity contribution is 7.90. The Bertz CT molecular complexity index is 623. The van der Waals surface area contributed by atoms with Gasteiger partial charge in [0.05, 0.1) is 18.4 Å². The van der Waals surface area contributed by atoms with Crippen LogP contribution in [0, 0.1) is 0 Å². The molecule has 0 radical (unpaired) electrons. The van der Waals surface area contributed by atoms with E-state index in [-0.39, 0.29) is 31.1 Å². The second kappa shape index (κ2) is 9.97. The van der Waals surface area contributed by atoms with Crippen molar-refractivity contribution in [1.82, 2.24) is 5.32 Å². The van der Waals surface area contributed by atoms with Crippen LogP contribution in [0.2, 0.25) is 5.02 Å². The van der Waals surface area contributed by atoms with E-state index in [1.807, 2.05) is 6.92 Å². The smallest absolute Gasteiger partial charge is 0.237 e. The van der Waals surface area contributed by atoms with Gasteiger partial charge in [0.15, 0.2) is 0 Å². The molecule has 9 heteroatoms. The van der Waals surface area contributed by atoms with Crippen molar-refractivity contribution in [3.05, 3.63) is 28.8 Å². The minimum absolute atomic E-state index is 0. The first-order chi connectivity index (χ1) is 10.2. The summed E-state index contributed by atoms with van der Waals surface area (Å²) in [5.41, 5.74) is 6.45. The average Bonchev–Trinajstić information content (AvgIpc) is 2.43. The molecule has 0 bridgehead atoms. The number of carbonyl (C=O) groups is 1. The lowest BCUT2D eigenvalue weighted by atomic mass is 10.2. The number of rotatable bonds is 8. The van der Waals surface area contributed by atoms with Crippen LogP contribution in [0.1, 0.15) is 18.9 Å². The summed E-state index contributed by atoms with van der Waals surface area (Å²) in [4.78, 5) is 11.9. The van der Waals surface area contributed by atoms with E-state index in [9.17, 15) is 13.2 Å². The maximum Gasteiger partial charge on any atom is 0.237 e. The molecule has 1 atom stereocenters. The van der Waals surface area contributed by atoms with E-state index in [1.54, 1.807) is 18.2 Å². The van der Waals surface area contributed by atoms with Gasteiger partial charge in [0, 0.05) is 23.4 Å². The zero-order chi connectivity index (χ0) is 16.8. The van der Waals surface area contributed by atoms with E-state index < -0.39 is 21.8 Å². The Morgan fingerprint density at radius 1 is 1.43 bits per heavy atom. The quantitative estimate of drug-likeness (QED) is 0.707. The number of benzene rings is 1. The highest BCUT2D eigenvalue weighted by Gasteiger charge is 2.16. The maximum atomic E-state index is 11.9. The molecule has 1 rings (SSSR count). The van der Waals surface area contributed by atoms with Crippen molar-refractivity contribution in [1.29, 1.82) is 0 Å². The second-order valence-electron chi connectivity index (χ2n) is 4.93. The zero-order valence-corrected chi connectivity index (χ0v) is 15.4. The van der Waals surface area contributed by atoms with E-state index in [0.29, 0.717) is 17.4 Å². The fourth-order valence-electron chi connectivity index (χ4n) is 1.75. The summed E-state index contributed by atoms with van der Waals surface area (Å²) >= 11 is 5.91. The third kappa shape index (κ3) is 8.41. The summed E-state index contributed by atoms with van der Waals surface area (Å²) < 4.78 is 27.6. The molecule has 0 aliphatic carbocycles. The molecule has 0 aliphatic heterocycles. The predicted molar refractivity (Wildman–Crippen MR) is 94.0 cm³/mol. The van der Waals surface area contributed by atoms with Crippen molar-refractivity contribution in [2.75, 3.05) is 18.6 Å². The largest absolute Gasteiger partial charge is 0.493 e. The summed E-state index contributed by atoms with van der Waals surface area (Å²) in [5, 5.41) is 3.22. The number of ether oxygens (including phenoxy) is 1. The SMILES string of the molecule is CCOc1cc(Cl)ccc1CNC(=O)C(N)CCS(C)(=O)=O.Cl. The highest BCUT2D eigenvalue weighted by atomic mass is 35.5. The molecule has 0 heterocycles. The number of nitrogens with one attached hydrogen (secondary N) is 1. The Morgan fingerprint density at radius 2 is 2.09 bits per heavy atom. The number of carbonyl (C=O) groups excluding carboxylic acids is 1. The Kier molecular flexibility index (Phi) is 9.53. The second-order valence-corrected chi connectivity index (χ2v) is 7.62. The van der Waals surface area contributed by atoms with Gasteiger partial charge >= 0.3 is 0 Å². The molecule has 1 aromatic carbocycles. The van der Waals surface area contributed by atoms with Gasteiger partial charge in [-0.1, -0.05) is 17.7 Å². The molecule has 0 aliphatic rings. The molecule has 1 amide bonds. The van der Waals surface area contributed by atoms with Crippen molar-refractivity contribution in [3.63, 3.8) is 0 Å². The Morgan fingerprint density at radius 3 is 2.65 bits per heavy atom. The zero-order valence-electron chi connectivity index (χ0n) is 13.0. The van der Waals surface area contributed by atoms with E-state index >= 15 is 0 Å². The van der Waals surface area contributed by atoms with Crippen molar-refractivity contribution in [3.8, 4) is 5.75 Å². The Labute approximate surface area is 148 Å². The van der Waals surface area contributed by atoms with E-state index in [4.69, 9.17) is 22.1 Å². The summed E-state index contributed by atoms with van der Waals surface area (Å²) in [6.07, 6.45) is 1.20. The van der Waals surface area contributed by atoms with Gasteiger partial charge in [0.2, 0.25) is 5.91 Å². The number of amides is 1. The third-order valence-corrected chi connectivity index (χ3v) is 4.13. The summed E-state index contributed by atoms with van der Waals surface area (Å²) in [6, 6.07) is 4.28. The minimum atomic E-state index is -3.13. The van der Waals surface area contributed by atoms with Gasteiger partial charge in [-0.25, -0.2) is 8.42 Å². The Balaban J connectivity index is 0.00000484. The lowest BCUT2D eigenvalue weighted by molar-refractivity contribution is -0.122. The summed E-state index contributed by atoms with van der Waals surface area (Å²) in [5.74, 6) is 0.0771. The molecule has 0 aromatic heterocycles. The van der Waals surface area contributed by atoms with Gasteiger partial charge in [0.25, 0.3) is 0 Å². The van der Waals surface area contributed by atoms with Crippen molar-refractivity contribution < 1.29 is 17.9 Å². The average molecular weight is 385 g/mol. The van der Waals surface area contributed by atoms with Crippen LogP contribution < -0.4 is 15.8 Å². The van der Waals surface area contributed by atoms with E-state index in [0.717, 1.165) is 11.8 Å². The fourth-order valence-corrected chi connectivity index (χ4v) is 2.59. The van der Waals surface area contributed by atoms with Gasteiger partial charge in [-0.15, -0.1) is 12.4 Å². The highest BCUT2D eigenvalue weighted by Crippen LogP contribution is 2.23. The molecule has 132 valence electrons. The Hall–Kier alpha value is -1.02. The lowest BCUT2D eigenvalue weighted by Crippen LogP contribution is -2.41. The first-order valence-corrected chi connectivity index (χ1v) is 9.29. The molecule has 0 saturated heterocycles. The first-order valence-electron chi connectivity index (χ1n) is 6.85. The molecule has 0 spiro atoms. The van der Waals surface area contributed by atoms with Gasteiger partial charge in [-0.3, -0.25) is 4.79 Å². The molecule has 0 saturated carbocycles. The number of hydrogen-bond donors (Lipinski definition) is 2. The van der Waals surface area contributed by atoms with Crippen molar-refractivity contribution in [2.24, 2.45) is 5.73 Å². The fraction of sp³-hybridized carbons (Fsp3) is 0.500. The lowest BCUT2D eigenvalue weighted by Gasteiger charge is -2.14. The number of nitrogens with two attached hydrogens (primary N) is 1. The summed E-state index contributed by atoms with van der Waals surface area (Å²) in [7, 11) is -3.13. The molecule has 1 unspecified atom stereocenters. The normalized spacial score (nSPS) is 12.2. The van der Waals surface area contributed by atoms with Crippen LogP contribution in [0.15, 0.2) is 18.2 Å². The number of hydrogen-bond acceptors (Lipinski definition) is 5. The molecule has 6 nitrogen and oxygen atoms in total. The summed E-state index contributed by atoms with van der Waals surface area (Å²) in [6.45, 7) is 2.57. The molecule has 23 heavy (non-hydrogen) atoms. The minimum Gasteiger partial charge on any atom is -0.493 e. The molecular weight excluding hydrogens is 363 g/mol. The topological polar surface area (TPSA) is 98.5 Å². The van der Waals surface area contributed by atoms with Crippen LogP contribution in [-0.4, -0.2) is 39.0 Å². The third-order valence-electron chi connectivity index (χ3n) is 2.92. The van der Waals surface area contributed by atoms with Gasteiger partial charge in [0.1, 0.15) is 15.6 Å². The van der Waals surface area contributed by atoms with Gasteiger partial charge < -0.3 is 15.8 Å². The van der Waals surface area contributed by atoms with Crippen LogP contribution in [0.5, 0.6) is 5.75 Å². The van der Waals surface area contributed by atoms with Crippen LogP contribution in [0.3, 0.4) is 0 Å². The predicted octanol–water partition coefficient (Wildman–Crippen LogP) is 1.54. The van der Waals surface area contributed by atoms with Crippen molar-refractivity contribution in [2.45, 2.75) is 25.9 Å². The first kappa shape index (κ1) is 22.0. The monoisotopic (exact) mass is 384 g/mol. The van der Waals surface area contributed by atoms with E-state index in [2.05, 4.69) is 5.32 Å². The van der Waals surface area contributed by atoms with Crippen molar-refractivity contribution >= 4 is 39.8 Å². The van der Waals surface area contributed by atoms with Crippen LogP contribution in [0.4, 0.5) is 0 Å². The number of sulfone groups is 1. The van der Waals surface area contributed by atoms with E-state index in [1.165, 1.54) is 0 Å². The molecular formula is C14H22Cl2N2O4S. The molecule has 1 aromatic rings. The maximum absolute atomic E-state index is 11.9. The van der Waals surface area contributed by atoms with Gasteiger partial charge in [-0.05, 0) is 25.5 Å². The van der Waals surface area contributed by atoms with Crippen LogP contribution >= 0.6 is 24.0 Å². The van der Waals surface area contributed by atoms with Gasteiger partial charge in [-0.2, -0.15) is 0 Å². The van der Waals surface area contributed by atoms with Crippen LogP contribution in [-0.2, 0) is 21.2 Å². The molecule has 3 N–H and O–H groups in total. The standard InChI is InChI=1S/C14H21ClN2O4S.ClH/c1-3-21-13-8-11(15)5-4-10(13)9-17-14(18)12(16)6-7-22(2,19)20;/h4-5,8,12H,3,6-7,9,16H2,1-2H3,(H,17,18);1H. The molecule has 0 fully saturated rings. The van der Waals surface area contributed by atoms with Crippen LogP contribution in [0.25, 0.3) is 0 Å².